The third kappa shape index (κ3) is 7.29. The largest absolute Gasteiger partial charge is 0.464 e. The first kappa shape index (κ1) is 30.0. The quantitative estimate of drug-likeness (QED) is 0.228. The molecule has 0 radical (unpaired) electrons. The van der Waals surface area contributed by atoms with E-state index >= 15 is 0 Å². The van der Waals surface area contributed by atoms with Gasteiger partial charge in [0, 0.05) is 25.3 Å². The van der Waals surface area contributed by atoms with Crippen molar-refractivity contribution in [1.82, 2.24) is 9.80 Å². The van der Waals surface area contributed by atoms with Gasteiger partial charge in [-0.15, -0.1) is 0 Å². The molecule has 1 aliphatic rings. The highest BCUT2D eigenvalue weighted by atomic mass is 19.4. The van der Waals surface area contributed by atoms with Gasteiger partial charge < -0.3 is 19.0 Å². The number of hydrogen-bond acceptors (Lipinski definition) is 5. The summed E-state index contributed by atoms with van der Waals surface area (Å²) in [7, 11) is 0. The average molecular weight is 597 g/mol. The van der Waals surface area contributed by atoms with Crippen molar-refractivity contribution in [3.63, 3.8) is 0 Å². The van der Waals surface area contributed by atoms with Crippen LogP contribution in [0.5, 0.6) is 0 Å². The Bertz CT molecular complexity index is 1660. The summed E-state index contributed by atoms with van der Waals surface area (Å²) in [5.41, 5.74) is -0.417. The fourth-order valence-corrected chi connectivity index (χ4v) is 5.00. The summed E-state index contributed by atoms with van der Waals surface area (Å²) in [4.78, 5) is 43.1. The van der Waals surface area contributed by atoms with Crippen LogP contribution in [0.3, 0.4) is 0 Å². The van der Waals surface area contributed by atoms with Crippen LogP contribution in [0, 0.1) is 5.82 Å². The molecule has 1 aromatic heterocycles. The van der Waals surface area contributed by atoms with Gasteiger partial charge in [0.15, 0.2) is 5.43 Å². The molecule has 224 valence electrons. The normalized spacial score (nSPS) is 15.0. The van der Waals surface area contributed by atoms with Gasteiger partial charge in [-0.1, -0.05) is 30.3 Å². The van der Waals surface area contributed by atoms with E-state index in [2.05, 4.69) is 0 Å². The standard InChI is InChI=1S/C32H28F4N2O5/c33-25-12-10-21(11-13-25)16-37(17-23-20-43-28-9-2-1-8-27(28)30(23)40)29(39)19-38(18-26-7-4-14-42-26)31(41)22-5-3-6-24(15-22)32(34,35)36/h1-3,5-6,8-13,15,20,26H,4,7,14,16-19H2. The topological polar surface area (TPSA) is 80.1 Å². The van der Waals surface area contributed by atoms with Crippen LogP contribution in [0.2, 0.25) is 0 Å². The third-order valence-corrected chi connectivity index (χ3v) is 7.25. The van der Waals surface area contributed by atoms with Crippen LogP contribution in [-0.2, 0) is 28.8 Å². The molecule has 0 aliphatic carbocycles. The Labute approximate surface area is 244 Å². The minimum atomic E-state index is -4.65. The van der Waals surface area contributed by atoms with Crippen molar-refractivity contribution in [1.29, 1.82) is 0 Å². The lowest BCUT2D eigenvalue weighted by Crippen LogP contribution is -2.45. The molecule has 7 nitrogen and oxygen atoms in total. The van der Waals surface area contributed by atoms with Crippen LogP contribution in [-0.4, -0.2) is 47.4 Å². The van der Waals surface area contributed by atoms with Crippen molar-refractivity contribution >= 4 is 22.8 Å². The molecule has 2 amide bonds. The first-order valence-electron chi connectivity index (χ1n) is 13.7. The molecule has 1 fully saturated rings. The SMILES string of the molecule is O=C(CN(CC1CCCO1)C(=O)c1cccc(C(F)(F)F)c1)N(Cc1ccc(F)cc1)Cc1coc2ccccc2c1=O. The molecule has 11 heteroatoms. The second-order valence-electron chi connectivity index (χ2n) is 10.4. The van der Waals surface area contributed by atoms with Crippen molar-refractivity contribution in [2.24, 2.45) is 0 Å². The maximum atomic E-state index is 13.8. The van der Waals surface area contributed by atoms with Gasteiger partial charge in [-0.2, -0.15) is 13.2 Å². The van der Waals surface area contributed by atoms with E-state index in [4.69, 9.17) is 9.15 Å². The fraction of sp³-hybridized carbons (Fsp3) is 0.281. The Kier molecular flexibility index (Phi) is 8.91. The highest BCUT2D eigenvalue weighted by Crippen LogP contribution is 2.30. The number of rotatable bonds is 9. The van der Waals surface area contributed by atoms with E-state index < -0.39 is 35.9 Å². The highest BCUT2D eigenvalue weighted by Gasteiger charge is 2.32. The van der Waals surface area contributed by atoms with Crippen LogP contribution >= 0.6 is 0 Å². The number of carbonyl (C=O) groups is 2. The Morgan fingerprint density at radius 3 is 2.42 bits per heavy atom. The van der Waals surface area contributed by atoms with Gasteiger partial charge in [0.05, 0.1) is 35.4 Å². The lowest BCUT2D eigenvalue weighted by atomic mass is 10.1. The molecule has 1 atom stereocenters. The maximum absolute atomic E-state index is 13.8. The first-order valence-corrected chi connectivity index (χ1v) is 13.7. The van der Waals surface area contributed by atoms with Crippen LogP contribution in [0.15, 0.2) is 88.3 Å². The number of alkyl halides is 3. The predicted octanol–water partition coefficient (Wildman–Crippen LogP) is 5.80. The number of halogens is 4. The van der Waals surface area contributed by atoms with Crippen LogP contribution in [0.4, 0.5) is 17.6 Å². The molecule has 0 saturated carbocycles. The van der Waals surface area contributed by atoms with Crippen LogP contribution in [0.1, 0.15) is 39.9 Å². The molecule has 3 aromatic carbocycles. The summed E-state index contributed by atoms with van der Waals surface area (Å²) in [6, 6.07) is 16.2. The number of nitrogens with zero attached hydrogens (tertiary/aromatic N) is 2. The smallest absolute Gasteiger partial charge is 0.416 e. The molecule has 0 spiro atoms. The summed E-state index contributed by atoms with van der Waals surface area (Å²) >= 11 is 0. The lowest BCUT2D eigenvalue weighted by Gasteiger charge is -2.29. The molecule has 43 heavy (non-hydrogen) atoms. The molecule has 5 rings (SSSR count). The van der Waals surface area contributed by atoms with E-state index in [0.29, 0.717) is 29.6 Å². The van der Waals surface area contributed by atoms with Crippen molar-refractivity contribution in [2.75, 3.05) is 19.7 Å². The molecule has 2 heterocycles. The third-order valence-electron chi connectivity index (χ3n) is 7.25. The van der Waals surface area contributed by atoms with Crippen LogP contribution in [0.25, 0.3) is 11.0 Å². The number of carbonyl (C=O) groups excluding carboxylic acids is 2. The Balaban J connectivity index is 1.45. The van der Waals surface area contributed by atoms with E-state index in [0.717, 1.165) is 24.6 Å². The maximum Gasteiger partial charge on any atom is 0.416 e. The first-order chi connectivity index (χ1) is 20.6. The molecular weight excluding hydrogens is 568 g/mol. The number of hydrogen-bond donors (Lipinski definition) is 0. The van der Waals surface area contributed by atoms with Gasteiger partial charge in [-0.05, 0) is 60.9 Å². The zero-order chi connectivity index (χ0) is 30.6. The summed E-state index contributed by atoms with van der Waals surface area (Å²) < 4.78 is 65.0. The monoisotopic (exact) mass is 596 g/mol. The Morgan fingerprint density at radius 2 is 1.70 bits per heavy atom. The van der Waals surface area contributed by atoms with Crippen molar-refractivity contribution in [3.05, 3.63) is 117 Å². The number of para-hydroxylation sites is 1. The Hall–Kier alpha value is -4.51. The van der Waals surface area contributed by atoms with E-state index in [1.165, 1.54) is 46.4 Å². The van der Waals surface area contributed by atoms with E-state index in [-0.39, 0.29) is 42.3 Å². The highest BCUT2D eigenvalue weighted by molar-refractivity contribution is 5.96. The second kappa shape index (κ2) is 12.8. The second-order valence-corrected chi connectivity index (χ2v) is 10.4. The van der Waals surface area contributed by atoms with Gasteiger partial charge in [0.25, 0.3) is 5.91 Å². The lowest BCUT2D eigenvalue weighted by molar-refractivity contribution is -0.137. The van der Waals surface area contributed by atoms with Crippen molar-refractivity contribution in [2.45, 2.75) is 38.2 Å². The molecule has 1 aliphatic heterocycles. The molecule has 1 unspecified atom stereocenters. The average Bonchev–Trinajstić information content (AvgIpc) is 3.51. The van der Waals surface area contributed by atoms with E-state index in [9.17, 15) is 31.9 Å². The number of ether oxygens (including phenoxy) is 1. The summed E-state index contributed by atoms with van der Waals surface area (Å²) in [5, 5.41) is 0.328. The van der Waals surface area contributed by atoms with Crippen molar-refractivity contribution in [3.8, 4) is 0 Å². The zero-order valence-corrected chi connectivity index (χ0v) is 23.0. The molecule has 4 aromatic rings. The predicted molar refractivity (Wildman–Crippen MR) is 149 cm³/mol. The number of fused-ring (bicyclic) bond motifs is 1. The van der Waals surface area contributed by atoms with E-state index in [1.807, 2.05) is 0 Å². The van der Waals surface area contributed by atoms with Gasteiger partial charge in [0.1, 0.15) is 17.9 Å². The van der Waals surface area contributed by atoms with Crippen LogP contribution < -0.4 is 5.43 Å². The van der Waals surface area contributed by atoms with Gasteiger partial charge in [-0.25, -0.2) is 4.39 Å². The fourth-order valence-electron chi connectivity index (χ4n) is 5.00. The molecule has 1 saturated heterocycles. The minimum absolute atomic E-state index is 0.0106. The zero-order valence-electron chi connectivity index (χ0n) is 23.0. The van der Waals surface area contributed by atoms with E-state index in [1.54, 1.807) is 24.3 Å². The van der Waals surface area contributed by atoms with Gasteiger partial charge >= 0.3 is 6.18 Å². The number of benzene rings is 3. The van der Waals surface area contributed by atoms with Crippen molar-refractivity contribution < 1.29 is 36.3 Å². The molecular formula is C32H28F4N2O5. The summed E-state index contributed by atoms with van der Waals surface area (Å²) in [6.07, 6.45) is -2.40. The Morgan fingerprint density at radius 1 is 0.930 bits per heavy atom. The molecule has 0 bridgehead atoms. The van der Waals surface area contributed by atoms with Gasteiger partial charge in [-0.3, -0.25) is 14.4 Å². The number of amides is 2. The summed E-state index contributed by atoms with van der Waals surface area (Å²) in [5.74, 6) is -1.80. The van der Waals surface area contributed by atoms with Gasteiger partial charge in [0.2, 0.25) is 5.91 Å². The molecule has 0 N–H and O–H groups in total. The summed E-state index contributed by atoms with van der Waals surface area (Å²) in [6.45, 7) is -0.247. The minimum Gasteiger partial charge on any atom is -0.464 e.